The van der Waals surface area contributed by atoms with Gasteiger partial charge in [-0.25, -0.2) is 0 Å². The van der Waals surface area contributed by atoms with E-state index in [-0.39, 0.29) is 0 Å². The molecule has 0 aromatic carbocycles. The molecule has 1 aliphatic carbocycles. The summed E-state index contributed by atoms with van der Waals surface area (Å²) < 4.78 is 5.74. The molecule has 0 saturated heterocycles. The van der Waals surface area contributed by atoms with Crippen LogP contribution in [-0.2, 0) is 4.74 Å². The van der Waals surface area contributed by atoms with E-state index in [2.05, 4.69) is 18.7 Å². The number of ether oxygens (including phenoxy) is 1. The zero-order chi connectivity index (χ0) is 13.2. The molecular weight excluding hydrogens is 224 g/mol. The van der Waals surface area contributed by atoms with E-state index in [9.17, 15) is 0 Å². The lowest BCUT2D eigenvalue weighted by molar-refractivity contribution is 0.0810. The van der Waals surface area contributed by atoms with E-state index in [4.69, 9.17) is 10.5 Å². The van der Waals surface area contributed by atoms with Crippen LogP contribution in [0.2, 0.25) is 0 Å². The maximum absolute atomic E-state index is 5.74. The highest BCUT2D eigenvalue weighted by Crippen LogP contribution is 2.23. The zero-order valence-electron chi connectivity index (χ0n) is 12.4. The molecule has 1 saturated carbocycles. The third kappa shape index (κ3) is 6.72. The van der Waals surface area contributed by atoms with E-state index < -0.39 is 0 Å². The summed E-state index contributed by atoms with van der Waals surface area (Å²) >= 11 is 0. The van der Waals surface area contributed by atoms with Gasteiger partial charge in [-0.2, -0.15) is 0 Å². The highest BCUT2D eigenvalue weighted by atomic mass is 16.5. The van der Waals surface area contributed by atoms with Crippen molar-refractivity contribution in [2.45, 2.75) is 58.4 Å². The molecule has 0 aromatic rings. The number of hydrogen-bond acceptors (Lipinski definition) is 3. The summed E-state index contributed by atoms with van der Waals surface area (Å²) in [7, 11) is 0. The fourth-order valence-electron chi connectivity index (χ4n) is 2.64. The summed E-state index contributed by atoms with van der Waals surface area (Å²) in [6.45, 7) is 9.32. The molecule has 0 unspecified atom stereocenters. The van der Waals surface area contributed by atoms with E-state index in [1.54, 1.807) is 0 Å². The van der Waals surface area contributed by atoms with Gasteiger partial charge in [0.2, 0.25) is 0 Å². The number of hydrogen-bond donors (Lipinski definition) is 1. The van der Waals surface area contributed by atoms with Gasteiger partial charge < -0.3 is 10.5 Å². The van der Waals surface area contributed by atoms with Crippen molar-refractivity contribution in [3.63, 3.8) is 0 Å². The maximum atomic E-state index is 5.74. The van der Waals surface area contributed by atoms with E-state index >= 15 is 0 Å². The van der Waals surface area contributed by atoms with Crippen molar-refractivity contribution in [2.75, 3.05) is 32.8 Å². The van der Waals surface area contributed by atoms with Crippen molar-refractivity contribution in [2.24, 2.45) is 11.7 Å². The molecule has 2 N–H and O–H groups in total. The van der Waals surface area contributed by atoms with E-state index in [0.717, 1.165) is 51.2 Å². The van der Waals surface area contributed by atoms with Crippen molar-refractivity contribution in [1.29, 1.82) is 0 Å². The average Bonchev–Trinajstić information content (AvgIpc) is 2.86. The van der Waals surface area contributed by atoms with Gasteiger partial charge in [0.25, 0.3) is 0 Å². The second-order valence-corrected chi connectivity index (χ2v) is 5.91. The first-order valence-electron chi connectivity index (χ1n) is 7.76. The molecule has 0 aromatic heterocycles. The summed E-state index contributed by atoms with van der Waals surface area (Å²) in [6, 6.07) is 0.797. The third-order valence-corrected chi connectivity index (χ3v) is 3.85. The molecular formula is C15H32N2O. The molecule has 3 nitrogen and oxygen atoms in total. The highest BCUT2D eigenvalue weighted by molar-refractivity contribution is 4.77. The Bertz CT molecular complexity index is 191. The Labute approximate surface area is 113 Å². The maximum Gasteiger partial charge on any atom is 0.0593 e. The van der Waals surface area contributed by atoms with Crippen LogP contribution < -0.4 is 5.73 Å². The van der Waals surface area contributed by atoms with Crippen LogP contribution >= 0.6 is 0 Å². The minimum Gasteiger partial charge on any atom is -0.380 e. The SMILES string of the molecule is CC(C)CCOCCN(CCCN)C1CCCC1. The van der Waals surface area contributed by atoms with Gasteiger partial charge in [0.1, 0.15) is 0 Å². The first kappa shape index (κ1) is 15.9. The van der Waals surface area contributed by atoms with Crippen LogP contribution in [0.1, 0.15) is 52.4 Å². The minimum atomic E-state index is 0.744. The first-order valence-corrected chi connectivity index (χ1v) is 7.76. The lowest BCUT2D eigenvalue weighted by Crippen LogP contribution is -2.37. The van der Waals surface area contributed by atoms with E-state index in [1.807, 2.05) is 0 Å². The Morgan fingerprint density at radius 2 is 1.89 bits per heavy atom. The highest BCUT2D eigenvalue weighted by Gasteiger charge is 2.21. The second-order valence-electron chi connectivity index (χ2n) is 5.91. The minimum absolute atomic E-state index is 0.744. The van der Waals surface area contributed by atoms with Crippen LogP contribution in [0, 0.1) is 5.92 Å². The molecule has 1 aliphatic rings. The van der Waals surface area contributed by atoms with Crippen LogP contribution in [-0.4, -0.2) is 43.8 Å². The molecule has 0 bridgehead atoms. The largest absolute Gasteiger partial charge is 0.380 e. The van der Waals surface area contributed by atoms with Crippen LogP contribution in [0.4, 0.5) is 0 Å². The molecule has 1 rings (SSSR count). The molecule has 0 amide bonds. The molecule has 0 atom stereocenters. The van der Waals surface area contributed by atoms with Gasteiger partial charge in [-0.3, -0.25) is 4.90 Å². The van der Waals surface area contributed by atoms with Gasteiger partial charge in [-0.1, -0.05) is 26.7 Å². The lowest BCUT2D eigenvalue weighted by Gasteiger charge is -2.28. The fourth-order valence-corrected chi connectivity index (χ4v) is 2.64. The standard InChI is InChI=1S/C15H32N2O/c1-14(2)8-12-18-13-11-17(10-5-9-16)15-6-3-4-7-15/h14-15H,3-13,16H2,1-2H3. The summed E-state index contributed by atoms with van der Waals surface area (Å²) in [5.41, 5.74) is 5.63. The molecule has 18 heavy (non-hydrogen) atoms. The van der Waals surface area contributed by atoms with Crippen molar-refractivity contribution in [1.82, 2.24) is 4.90 Å². The topological polar surface area (TPSA) is 38.5 Å². The predicted octanol–water partition coefficient (Wildman–Crippen LogP) is 2.64. The first-order chi connectivity index (χ1) is 8.74. The van der Waals surface area contributed by atoms with Gasteiger partial charge in [0.15, 0.2) is 0 Å². The second kappa shape index (κ2) is 9.76. The number of nitrogens with zero attached hydrogens (tertiary/aromatic N) is 1. The van der Waals surface area contributed by atoms with Crippen molar-refractivity contribution in [3.05, 3.63) is 0 Å². The smallest absolute Gasteiger partial charge is 0.0593 e. The summed E-state index contributed by atoms with van der Waals surface area (Å²) in [4.78, 5) is 2.61. The molecule has 3 heteroatoms. The number of nitrogens with two attached hydrogens (primary N) is 1. The fraction of sp³-hybridized carbons (Fsp3) is 1.00. The Balaban J connectivity index is 2.14. The molecule has 108 valence electrons. The Kier molecular flexibility index (Phi) is 8.64. The van der Waals surface area contributed by atoms with Crippen LogP contribution in [0.5, 0.6) is 0 Å². The van der Waals surface area contributed by atoms with Gasteiger partial charge in [0, 0.05) is 19.2 Å². The quantitative estimate of drug-likeness (QED) is 0.611. The summed E-state index contributed by atoms with van der Waals surface area (Å²) in [5.74, 6) is 0.744. The van der Waals surface area contributed by atoms with Gasteiger partial charge in [-0.15, -0.1) is 0 Å². The van der Waals surface area contributed by atoms with Gasteiger partial charge >= 0.3 is 0 Å². The molecule has 0 aliphatic heterocycles. The molecule has 1 fully saturated rings. The van der Waals surface area contributed by atoms with Gasteiger partial charge in [-0.05, 0) is 44.7 Å². The average molecular weight is 256 g/mol. The Morgan fingerprint density at radius 3 is 2.50 bits per heavy atom. The van der Waals surface area contributed by atoms with Crippen LogP contribution in [0.25, 0.3) is 0 Å². The molecule has 0 heterocycles. The van der Waals surface area contributed by atoms with Crippen LogP contribution in [0.15, 0.2) is 0 Å². The van der Waals surface area contributed by atoms with Gasteiger partial charge in [0.05, 0.1) is 6.61 Å². The van der Waals surface area contributed by atoms with Crippen molar-refractivity contribution < 1.29 is 4.74 Å². The van der Waals surface area contributed by atoms with E-state index in [1.165, 1.54) is 32.1 Å². The summed E-state index contributed by atoms with van der Waals surface area (Å²) in [6.07, 6.45) is 7.83. The van der Waals surface area contributed by atoms with E-state index in [0.29, 0.717) is 0 Å². The monoisotopic (exact) mass is 256 g/mol. The Hall–Kier alpha value is -0.120. The lowest BCUT2D eigenvalue weighted by atomic mass is 10.1. The molecule has 0 radical (unpaired) electrons. The molecule has 0 spiro atoms. The van der Waals surface area contributed by atoms with Crippen molar-refractivity contribution in [3.8, 4) is 0 Å². The summed E-state index contributed by atoms with van der Waals surface area (Å²) in [5, 5.41) is 0. The van der Waals surface area contributed by atoms with Crippen LogP contribution in [0.3, 0.4) is 0 Å². The predicted molar refractivity (Wildman–Crippen MR) is 77.8 cm³/mol. The third-order valence-electron chi connectivity index (χ3n) is 3.85. The van der Waals surface area contributed by atoms with Crippen molar-refractivity contribution >= 4 is 0 Å². The Morgan fingerprint density at radius 1 is 1.17 bits per heavy atom. The normalized spacial score (nSPS) is 17.2. The number of rotatable bonds is 10. The zero-order valence-corrected chi connectivity index (χ0v) is 12.4.